The molecule has 0 fully saturated rings. The van der Waals surface area contributed by atoms with Gasteiger partial charge < -0.3 is 4.74 Å². The molecule has 2 heteroatoms. The summed E-state index contributed by atoms with van der Waals surface area (Å²) in [5.41, 5.74) is 3.41. The number of hydrogen-bond acceptors (Lipinski definition) is 1. The fraction of sp³-hybridized carbons (Fsp3) is 0.222. The van der Waals surface area contributed by atoms with Gasteiger partial charge in [0, 0.05) is 15.5 Å². The molecule has 0 aromatic heterocycles. The summed E-state index contributed by atoms with van der Waals surface area (Å²) in [7, 11) is 0. The van der Waals surface area contributed by atoms with E-state index in [1.807, 2.05) is 18.2 Å². The second-order valence-electron chi connectivity index (χ2n) is 5.12. The highest BCUT2D eigenvalue weighted by atomic mass is 79.9. The third-order valence-corrected chi connectivity index (χ3v) is 3.51. The van der Waals surface area contributed by atoms with E-state index in [1.165, 1.54) is 0 Å². The van der Waals surface area contributed by atoms with E-state index in [9.17, 15) is 0 Å². The molecule has 0 radical (unpaired) electrons. The molecular weight excluding hydrogens is 312 g/mol. The Morgan fingerprint density at radius 2 is 1.80 bits per heavy atom. The lowest BCUT2D eigenvalue weighted by atomic mass is 9.95. The van der Waals surface area contributed by atoms with E-state index in [4.69, 9.17) is 4.74 Å². The Kier molecular flexibility index (Phi) is 4.66. The van der Waals surface area contributed by atoms with Crippen molar-refractivity contribution in [2.45, 2.75) is 18.2 Å². The summed E-state index contributed by atoms with van der Waals surface area (Å²) >= 11 is 3.73. The molecule has 104 valence electrons. The number of ether oxygens (including phenoxy) is 1. The number of alkyl halides is 1. The van der Waals surface area contributed by atoms with Gasteiger partial charge in [-0.1, -0.05) is 77.1 Å². The zero-order chi connectivity index (χ0) is 14.6. The molecule has 0 saturated heterocycles. The first-order valence-electron chi connectivity index (χ1n) is 6.65. The van der Waals surface area contributed by atoms with Gasteiger partial charge in [0.2, 0.25) is 0 Å². The van der Waals surface area contributed by atoms with Gasteiger partial charge in [0.05, 0.1) is 0 Å². The average Bonchev–Trinajstić information content (AvgIpc) is 2.44. The van der Waals surface area contributed by atoms with Crippen molar-refractivity contribution in [1.82, 2.24) is 0 Å². The smallest absolute Gasteiger partial charge is 0.132 e. The molecule has 0 aliphatic heterocycles. The third kappa shape index (κ3) is 3.31. The second-order valence-corrected chi connectivity index (χ2v) is 7.10. The minimum atomic E-state index is -0.145. The second kappa shape index (κ2) is 6.27. The Morgan fingerprint density at radius 3 is 2.40 bits per heavy atom. The molecule has 1 nitrogen and oxygen atoms in total. The van der Waals surface area contributed by atoms with Gasteiger partial charge in [0.1, 0.15) is 12.4 Å². The van der Waals surface area contributed by atoms with E-state index in [1.54, 1.807) is 6.08 Å². The summed E-state index contributed by atoms with van der Waals surface area (Å²) < 4.78 is 5.81. The fourth-order valence-corrected chi connectivity index (χ4v) is 2.46. The number of rotatable bonds is 5. The lowest BCUT2D eigenvalue weighted by Gasteiger charge is -2.23. The van der Waals surface area contributed by atoms with Crippen LogP contribution in [0.4, 0.5) is 0 Å². The largest absolute Gasteiger partial charge is 0.489 e. The van der Waals surface area contributed by atoms with Gasteiger partial charge in [0.15, 0.2) is 0 Å². The maximum absolute atomic E-state index is 5.95. The van der Waals surface area contributed by atoms with E-state index in [0.717, 1.165) is 22.4 Å². The molecule has 0 amide bonds. The molecule has 0 bridgehead atoms. The normalized spacial score (nSPS) is 11.2. The fourth-order valence-electron chi connectivity index (χ4n) is 2.15. The highest BCUT2D eigenvalue weighted by molar-refractivity contribution is 9.09. The van der Waals surface area contributed by atoms with Crippen LogP contribution in [-0.4, -0.2) is 6.61 Å². The SMILES string of the molecule is C=CCOc1c(-c2ccccc2)cccc1C(C)(C)Br. The van der Waals surface area contributed by atoms with E-state index in [-0.39, 0.29) is 4.32 Å². The molecule has 2 aromatic carbocycles. The van der Waals surface area contributed by atoms with Crippen molar-refractivity contribution in [3.05, 3.63) is 66.7 Å². The van der Waals surface area contributed by atoms with Crippen LogP contribution in [0, 0.1) is 0 Å². The monoisotopic (exact) mass is 330 g/mol. The predicted octanol–water partition coefficient (Wildman–Crippen LogP) is 5.55. The molecule has 0 heterocycles. The first-order chi connectivity index (χ1) is 9.54. The molecule has 0 unspecified atom stereocenters. The van der Waals surface area contributed by atoms with E-state index >= 15 is 0 Å². The van der Waals surface area contributed by atoms with Gasteiger partial charge in [-0.05, 0) is 19.4 Å². The number of benzene rings is 2. The van der Waals surface area contributed by atoms with Crippen molar-refractivity contribution in [2.24, 2.45) is 0 Å². The Hall–Kier alpha value is -1.54. The summed E-state index contributed by atoms with van der Waals surface area (Å²) in [6.07, 6.45) is 1.77. The minimum absolute atomic E-state index is 0.145. The topological polar surface area (TPSA) is 9.23 Å². The molecule has 0 aliphatic rings. The van der Waals surface area contributed by atoms with Crippen LogP contribution in [0.2, 0.25) is 0 Å². The average molecular weight is 331 g/mol. The highest BCUT2D eigenvalue weighted by Gasteiger charge is 2.23. The molecule has 0 saturated carbocycles. The lowest BCUT2D eigenvalue weighted by molar-refractivity contribution is 0.358. The summed E-state index contributed by atoms with van der Waals surface area (Å²) in [6, 6.07) is 16.6. The molecule has 0 N–H and O–H groups in total. The van der Waals surface area contributed by atoms with Crippen LogP contribution in [0.3, 0.4) is 0 Å². The van der Waals surface area contributed by atoms with Crippen molar-refractivity contribution in [1.29, 1.82) is 0 Å². The van der Waals surface area contributed by atoms with Gasteiger partial charge >= 0.3 is 0 Å². The van der Waals surface area contributed by atoms with Gasteiger partial charge in [-0.15, -0.1) is 0 Å². The summed E-state index contributed by atoms with van der Waals surface area (Å²) in [5, 5.41) is 0. The maximum atomic E-state index is 5.95. The van der Waals surface area contributed by atoms with E-state index in [2.05, 4.69) is 66.7 Å². The predicted molar refractivity (Wildman–Crippen MR) is 89.5 cm³/mol. The zero-order valence-corrected chi connectivity index (χ0v) is 13.5. The molecule has 20 heavy (non-hydrogen) atoms. The summed E-state index contributed by atoms with van der Waals surface area (Å²) in [6.45, 7) is 8.48. The third-order valence-electron chi connectivity index (χ3n) is 3.09. The Balaban J connectivity index is 2.59. The molecule has 0 aliphatic carbocycles. The van der Waals surface area contributed by atoms with Crippen LogP contribution in [0.1, 0.15) is 19.4 Å². The number of halogens is 1. The van der Waals surface area contributed by atoms with Crippen LogP contribution >= 0.6 is 15.9 Å². The first-order valence-corrected chi connectivity index (χ1v) is 7.45. The Bertz CT molecular complexity index is 582. The van der Waals surface area contributed by atoms with Crippen molar-refractivity contribution < 1.29 is 4.74 Å². The maximum Gasteiger partial charge on any atom is 0.132 e. The van der Waals surface area contributed by atoms with Gasteiger partial charge in [-0.3, -0.25) is 0 Å². The Morgan fingerprint density at radius 1 is 1.10 bits per heavy atom. The van der Waals surface area contributed by atoms with Crippen LogP contribution in [0.15, 0.2) is 61.2 Å². The first kappa shape index (κ1) is 14.9. The quantitative estimate of drug-likeness (QED) is 0.516. The van der Waals surface area contributed by atoms with Crippen LogP contribution in [0.25, 0.3) is 11.1 Å². The van der Waals surface area contributed by atoms with Crippen LogP contribution in [-0.2, 0) is 4.32 Å². The van der Waals surface area contributed by atoms with Gasteiger partial charge in [0.25, 0.3) is 0 Å². The zero-order valence-electron chi connectivity index (χ0n) is 11.9. The van der Waals surface area contributed by atoms with Crippen molar-refractivity contribution in [3.8, 4) is 16.9 Å². The molecular formula is C18H19BrO. The van der Waals surface area contributed by atoms with Gasteiger partial charge in [-0.25, -0.2) is 0 Å². The van der Waals surface area contributed by atoms with Crippen LogP contribution < -0.4 is 4.74 Å². The minimum Gasteiger partial charge on any atom is -0.489 e. The molecule has 2 aromatic rings. The van der Waals surface area contributed by atoms with Crippen LogP contribution in [0.5, 0.6) is 5.75 Å². The number of para-hydroxylation sites is 1. The number of hydrogen-bond donors (Lipinski definition) is 0. The van der Waals surface area contributed by atoms with Crippen molar-refractivity contribution >= 4 is 15.9 Å². The van der Waals surface area contributed by atoms with Crippen molar-refractivity contribution in [2.75, 3.05) is 6.61 Å². The lowest BCUT2D eigenvalue weighted by Crippen LogP contribution is -2.10. The Labute approximate surface area is 129 Å². The van der Waals surface area contributed by atoms with Crippen molar-refractivity contribution in [3.63, 3.8) is 0 Å². The van der Waals surface area contributed by atoms with E-state index in [0.29, 0.717) is 6.61 Å². The van der Waals surface area contributed by atoms with Gasteiger partial charge in [-0.2, -0.15) is 0 Å². The molecule has 2 rings (SSSR count). The highest BCUT2D eigenvalue weighted by Crippen LogP contribution is 2.42. The van der Waals surface area contributed by atoms with E-state index < -0.39 is 0 Å². The standard InChI is InChI=1S/C18H19BrO/c1-4-13-20-17-15(14-9-6-5-7-10-14)11-8-12-16(17)18(2,3)19/h4-12H,1,13H2,2-3H3. The summed E-state index contributed by atoms with van der Waals surface area (Å²) in [4.78, 5) is 0. The molecule has 0 atom stereocenters. The molecule has 0 spiro atoms. The summed E-state index contributed by atoms with van der Waals surface area (Å²) in [5.74, 6) is 0.917.